The Hall–Kier alpha value is -2.93. The molecule has 1 aliphatic rings. The van der Waals surface area contributed by atoms with E-state index < -0.39 is 11.9 Å². The van der Waals surface area contributed by atoms with E-state index in [1.165, 1.54) is 6.92 Å². The summed E-state index contributed by atoms with van der Waals surface area (Å²) < 4.78 is 16.8. The monoisotopic (exact) mass is 429 g/mol. The lowest BCUT2D eigenvalue weighted by atomic mass is 10.1. The average Bonchev–Trinajstić information content (AvgIpc) is 2.98. The van der Waals surface area contributed by atoms with Crippen molar-refractivity contribution in [1.29, 1.82) is 0 Å². The van der Waals surface area contributed by atoms with E-state index in [9.17, 15) is 9.59 Å². The molecule has 0 unspecified atom stereocenters. The minimum absolute atomic E-state index is 0.174. The number of benzene rings is 2. The molecular formula is C20H16BrNO5. The Balaban J connectivity index is 1.92. The summed E-state index contributed by atoms with van der Waals surface area (Å²) in [6.07, 6.45) is 1.59. The maximum Gasteiger partial charge on any atom is 0.363 e. The molecule has 0 bridgehead atoms. The van der Waals surface area contributed by atoms with Gasteiger partial charge in [0.05, 0.1) is 6.61 Å². The number of aliphatic imine (C=N–C) groups is 1. The number of esters is 2. The first kappa shape index (κ1) is 18.8. The van der Waals surface area contributed by atoms with E-state index in [0.717, 1.165) is 4.47 Å². The van der Waals surface area contributed by atoms with Crippen LogP contribution in [0.1, 0.15) is 25.0 Å². The average molecular weight is 430 g/mol. The highest BCUT2D eigenvalue weighted by molar-refractivity contribution is 9.10. The lowest BCUT2D eigenvalue weighted by Crippen LogP contribution is -2.05. The number of hydrogen-bond donors (Lipinski definition) is 0. The molecule has 0 spiro atoms. The van der Waals surface area contributed by atoms with Crippen LogP contribution >= 0.6 is 15.9 Å². The van der Waals surface area contributed by atoms with E-state index in [-0.39, 0.29) is 11.6 Å². The minimum Gasteiger partial charge on any atom is -0.490 e. The summed E-state index contributed by atoms with van der Waals surface area (Å²) >= 11 is 3.38. The quantitative estimate of drug-likeness (QED) is 0.406. The van der Waals surface area contributed by atoms with Gasteiger partial charge in [-0.15, -0.1) is 0 Å². The van der Waals surface area contributed by atoms with Gasteiger partial charge in [0.2, 0.25) is 5.90 Å². The minimum atomic E-state index is -0.535. The molecule has 27 heavy (non-hydrogen) atoms. The van der Waals surface area contributed by atoms with Gasteiger partial charge in [-0.3, -0.25) is 4.79 Å². The standard InChI is InChI=1S/C20H16BrNO5/c1-3-25-18-10-13(7-8-17(18)26-12(2)23)9-16-20(24)27-19(22-16)14-5-4-6-15(21)11-14/h4-11H,3H2,1-2H3. The topological polar surface area (TPSA) is 74.2 Å². The summed E-state index contributed by atoms with van der Waals surface area (Å²) in [6.45, 7) is 3.55. The number of ether oxygens (including phenoxy) is 3. The van der Waals surface area contributed by atoms with Gasteiger partial charge in [-0.1, -0.05) is 28.1 Å². The fraction of sp³-hybridized carbons (Fsp3) is 0.150. The Kier molecular flexibility index (Phi) is 5.71. The third-order valence-electron chi connectivity index (χ3n) is 3.52. The van der Waals surface area contributed by atoms with Crippen molar-refractivity contribution in [2.24, 2.45) is 4.99 Å². The Morgan fingerprint density at radius 2 is 2.04 bits per heavy atom. The Labute approximate surface area is 164 Å². The van der Waals surface area contributed by atoms with Gasteiger partial charge in [0.1, 0.15) is 0 Å². The van der Waals surface area contributed by atoms with E-state index in [1.807, 2.05) is 25.1 Å². The van der Waals surface area contributed by atoms with Crippen molar-refractivity contribution in [2.45, 2.75) is 13.8 Å². The number of hydrogen-bond acceptors (Lipinski definition) is 6. The van der Waals surface area contributed by atoms with Crippen LogP contribution in [0.5, 0.6) is 11.5 Å². The van der Waals surface area contributed by atoms with Crippen LogP contribution in [0.3, 0.4) is 0 Å². The molecule has 6 nitrogen and oxygen atoms in total. The molecule has 0 saturated heterocycles. The lowest BCUT2D eigenvalue weighted by Gasteiger charge is -2.10. The van der Waals surface area contributed by atoms with Crippen LogP contribution in [0.15, 0.2) is 57.6 Å². The van der Waals surface area contributed by atoms with Gasteiger partial charge in [-0.05, 0) is 48.9 Å². The zero-order valence-corrected chi connectivity index (χ0v) is 16.3. The number of halogens is 1. The summed E-state index contributed by atoms with van der Waals surface area (Å²) in [4.78, 5) is 27.6. The van der Waals surface area contributed by atoms with Gasteiger partial charge in [-0.2, -0.15) is 0 Å². The summed E-state index contributed by atoms with van der Waals surface area (Å²) in [7, 11) is 0. The molecule has 0 radical (unpaired) electrons. The van der Waals surface area contributed by atoms with Gasteiger partial charge in [0.15, 0.2) is 17.2 Å². The second-order valence-corrected chi connectivity index (χ2v) is 6.49. The SMILES string of the molecule is CCOc1cc(C=C2N=C(c3cccc(Br)c3)OC2=O)ccc1OC(C)=O. The normalized spacial score (nSPS) is 14.7. The third kappa shape index (κ3) is 4.62. The second-order valence-electron chi connectivity index (χ2n) is 5.58. The number of carbonyl (C=O) groups excluding carboxylic acids is 2. The highest BCUT2D eigenvalue weighted by Gasteiger charge is 2.24. The van der Waals surface area contributed by atoms with E-state index in [1.54, 1.807) is 30.3 Å². The van der Waals surface area contributed by atoms with Gasteiger partial charge < -0.3 is 14.2 Å². The molecule has 2 aromatic carbocycles. The third-order valence-corrected chi connectivity index (χ3v) is 4.01. The lowest BCUT2D eigenvalue weighted by molar-refractivity contribution is -0.132. The van der Waals surface area contributed by atoms with Crippen molar-refractivity contribution in [3.63, 3.8) is 0 Å². The molecule has 0 amide bonds. The fourth-order valence-corrected chi connectivity index (χ4v) is 2.83. The maximum atomic E-state index is 12.2. The molecule has 0 atom stereocenters. The second kappa shape index (κ2) is 8.18. The van der Waals surface area contributed by atoms with E-state index in [2.05, 4.69) is 20.9 Å². The van der Waals surface area contributed by atoms with Crippen molar-refractivity contribution >= 4 is 39.8 Å². The highest BCUT2D eigenvalue weighted by Crippen LogP contribution is 2.30. The summed E-state index contributed by atoms with van der Waals surface area (Å²) in [5.74, 6) is -0.00534. The molecule has 0 saturated carbocycles. The van der Waals surface area contributed by atoms with Crippen molar-refractivity contribution in [3.8, 4) is 11.5 Å². The molecule has 0 fully saturated rings. The first-order valence-electron chi connectivity index (χ1n) is 8.20. The molecule has 1 heterocycles. The smallest absolute Gasteiger partial charge is 0.363 e. The molecule has 0 N–H and O–H groups in total. The zero-order chi connectivity index (χ0) is 19.4. The molecule has 7 heteroatoms. The first-order chi connectivity index (χ1) is 13.0. The van der Waals surface area contributed by atoms with Crippen LogP contribution in [0.25, 0.3) is 6.08 Å². The molecule has 2 aromatic rings. The summed E-state index contributed by atoms with van der Waals surface area (Å²) in [5, 5.41) is 0. The van der Waals surface area contributed by atoms with Crippen LogP contribution in [0, 0.1) is 0 Å². The first-order valence-corrected chi connectivity index (χ1v) is 8.99. The van der Waals surface area contributed by atoms with Gasteiger partial charge in [0, 0.05) is 17.0 Å². The molecule has 0 aromatic heterocycles. The molecule has 0 aliphatic carbocycles. The molecule has 3 rings (SSSR count). The summed E-state index contributed by atoms with van der Waals surface area (Å²) in [6, 6.07) is 12.3. The predicted octanol–water partition coefficient (Wildman–Crippen LogP) is 4.12. The van der Waals surface area contributed by atoms with Crippen LogP contribution in [-0.4, -0.2) is 24.4 Å². The van der Waals surface area contributed by atoms with Crippen molar-refractivity contribution in [2.75, 3.05) is 6.61 Å². The van der Waals surface area contributed by atoms with Gasteiger partial charge in [-0.25, -0.2) is 9.79 Å². The number of carbonyl (C=O) groups is 2. The van der Waals surface area contributed by atoms with Gasteiger partial charge >= 0.3 is 11.9 Å². The Morgan fingerprint density at radius 1 is 1.22 bits per heavy atom. The van der Waals surface area contributed by atoms with Crippen LogP contribution in [0.2, 0.25) is 0 Å². The molecular weight excluding hydrogens is 414 g/mol. The molecule has 1 aliphatic heterocycles. The highest BCUT2D eigenvalue weighted by atomic mass is 79.9. The fourth-order valence-electron chi connectivity index (χ4n) is 2.43. The Bertz CT molecular complexity index is 965. The van der Waals surface area contributed by atoms with E-state index in [0.29, 0.717) is 29.2 Å². The largest absolute Gasteiger partial charge is 0.490 e. The van der Waals surface area contributed by atoms with Crippen LogP contribution in [-0.2, 0) is 14.3 Å². The van der Waals surface area contributed by atoms with Crippen LogP contribution < -0.4 is 9.47 Å². The van der Waals surface area contributed by atoms with Gasteiger partial charge in [0.25, 0.3) is 0 Å². The van der Waals surface area contributed by atoms with E-state index in [4.69, 9.17) is 14.2 Å². The maximum absolute atomic E-state index is 12.2. The predicted molar refractivity (Wildman–Crippen MR) is 104 cm³/mol. The number of cyclic esters (lactones) is 1. The van der Waals surface area contributed by atoms with Crippen LogP contribution in [0.4, 0.5) is 0 Å². The number of nitrogens with zero attached hydrogens (tertiary/aromatic N) is 1. The molecule has 138 valence electrons. The zero-order valence-electron chi connectivity index (χ0n) is 14.7. The number of rotatable bonds is 5. The van der Waals surface area contributed by atoms with Crippen molar-refractivity contribution in [1.82, 2.24) is 0 Å². The summed E-state index contributed by atoms with van der Waals surface area (Å²) in [5.41, 5.74) is 1.54. The Morgan fingerprint density at radius 3 is 2.74 bits per heavy atom. The van der Waals surface area contributed by atoms with Crippen molar-refractivity contribution in [3.05, 3.63) is 63.8 Å². The van der Waals surface area contributed by atoms with Crippen molar-refractivity contribution < 1.29 is 23.8 Å². The van der Waals surface area contributed by atoms with E-state index >= 15 is 0 Å².